The van der Waals surface area contributed by atoms with Crippen molar-refractivity contribution in [1.29, 1.82) is 0 Å². The number of aromatic nitrogens is 1. The maximum atomic E-state index is 11.5. The molecule has 5 amide bonds. The Morgan fingerprint density at radius 1 is 1.55 bits per heavy atom. The number of primary amides is 1. The number of urea groups is 2. The predicted molar refractivity (Wildman–Crippen MR) is 75.8 cm³/mol. The molecule has 0 atom stereocenters. The van der Waals surface area contributed by atoms with E-state index < -0.39 is 29.4 Å². The van der Waals surface area contributed by atoms with Crippen molar-refractivity contribution >= 4 is 34.3 Å². The summed E-state index contributed by atoms with van der Waals surface area (Å²) in [5, 5.41) is 14.6. The maximum absolute atomic E-state index is 11.5. The minimum absolute atomic E-state index is 0.0760. The molecule has 0 aliphatic carbocycles. The van der Waals surface area contributed by atoms with Crippen molar-refractivity contribution in [3.05, 3.63) is 33.8 Å². The molecule has 1 aromatic heterocycles. The first kappa shape index (κ1) is 17.0. The van der Waals surface area contributed by atoms with Crippen LogP contribution in [0.2, 0.25) is 0 Å². The van der Waals surface area contributed by atoms with Gasteiger partial charge in [-0.3, -0.25) is 20.2 Å². The Labute approximate surface area is 127 Å². The molecule has 1 aromatic rings. The summed E-state index contributed by atoms with van der Waals surface area (Å²) in [5.41, 5.74) is 4.79. The third-order valence-electron chi connectivity index (χ3n) is 2.06. The van der Waals surface area contributed by atoms with Crippen LogP contribution in [0.1, 0.15) is 0 Å². The van der Waals surface area contributed by atoms with Crippen molar-refractivity contribution in [2.45, 2.75) is 6.54 Å². The van der Waals surface area contributed by atoms with Crippen molar-refractivity contribution in [2.24, 2.45) is 10.7 Å². The molecule has 0 saturated carbocycles. The summed E-state index contributed by atoms with van der Waals surface area (Å²) in [7, 11) is 0. The number of carbonyl (C=O) groups is 3. The van der Waals surface area contributed by atoms with Crippen molar-refractivity contribution in [1.82, 2.24) is 15.2 Å². The zero-order valence-corrected chi connectivity index (χ0v) is 12.0. The van der Waals surface area contributed by atoms with Crippen LogP contribution in [0, 0.1) is 10.1 Å². The van der Waals surface area contributed by atoms with Crippen molar-refractivity contribution in [3.8, 4) is 0 Å². The average Bonchev–Trinajstić information content (AvgIpc) is 2.78. The predicted octanol–water partition coefficient (Wildman–Crippen LogP) is -0.551. The van der Waals surface area contributed by atoms with Gasteiger partial charge in [-0.15, -0.1) is 6.58 Å². The highest BCUT2D eigenvalue weighted by Crippen LogP contribution is 2.13. The summed E-state index contributed by atoms with van der Waals surface area (Å²) in [6, 6.07) is -1.81. The van der Waals surface area contributed by atoms with Crippen LogP contribution in [0.4, 0.5) is 14.6 Å². The lowest BCUT2D eigenvalue weighted by Gasteiger charge is -2.01. The van der Waals surface area contributed by atoms with Gasteiger partial charge in [0.25, 0.3) is 0 Å². The standard InChI is InChI=1S/C10H12N6O5S/c1-2-3-12-9(19)14-10-15(4-6(17)13-8(11)18)5-7(22-10)16(20)21/h2,5H,1,3-4H2,(H,12,19)(H3,11,13,17,18). The lowest BCUT2D eigenvalue weighted by molar-refractivity contribution is -0.380. The molecule has 1 heterocycles. The van der Waals surface area contributed by atoms with E-state index in [1.165, 1.54) is 6.08 Å². The number of hydrogen-bond acceptors (Lipinski definition) is 6. The monoisotopic (exact) mass is 328 g/mol. The Balaban J connectivity index is 3.08. The molecular weight excluding hydrogens is 316 g/mol. The first-order valence-electron chi connectivity index (χ1n) is 5.71. The lowest BCUT2D eigenvalue weighted by Crippen LogP contribution is -2.38. The number of amides is 5. The number of nitrogens with one attached hydrogen (secondary N) is 2. The highest BCUT2D eigenvalue weighted by molar-refractivity contribution is 7.12. The van der Waals surface area contributed by atoms with E-state index in [1.807, 2.05) is 0 Å². The second-order valence-electron chi connectivity index (χ2n) is 3.74. The van der Waals surface area contributed by atoms with Gasteiger partial charge in [0.1, 0.15) is 6.54 Å². The topological polar surface area (TPSA) is 162 Å². The first-order chi connectivity index (χ1) is 10.3. The minimum atomic E-state index is -1.06. The summed E-state index contributed by atoms with van der Waals surface area (Å²) in [6.45, 7) is 3.11. The summed E-state index contributed by atoms with van der Waals surface area (Å²) in [4.78, 5) is 47.1. The SMILES string of the molecule is C=CCNC(=O)N=c1sc([N+](=O)[O-])cn1CC(=O)NC(N)=O. The van der Waals surface area contributed by atoms with Gasteiger partial charge in [0.15, 0.2) is 0 Å². The number of carbonyl (C=O) groups excluding carboxylic acids is 3. The fraction of sp³-hybridized carbons (Fsp3) is 0.200. The maximum Gasteiger partial charge on any atom is 0.343 e. The van der Waals surface area contributed by atoms with E-state index in [4.69, 9.17) is 5.73 Å². The van der Waals surface area contributed by atoms with E-state index in [1.54, 1.807) is 5.32 Å². The molecule has 12 heteroatoms. The van der Waals surface area contributed by atoms with Gasteiger partial charge in [-0.1, -0.05) is 6.08 Å². The molecule has 0 saturated heterocycles. The van der Waals surface area contributed by atoms with Crippen LogP contribution in [0.3, 0.4) is 0 Å². The van der Waals surface area contributed by atoms with E-state index in [-0.39, 0.29) is 16.3 Å². The van der Waals surface area contributed by atoms with E-state index >= 15 is 0 Å². The number of imide groups is 1. The summed E-state index contributed by atoms with van der Waals surface area (Å²) in [6.07, 6.45) is 2.46. The van der Waals surface area contributed by atoms with Gasteiger partial charge in [0, 0.05) is 6.54 Å². The number of nitro groups is 1. The Kier molecular flexibility index (Phi) is 5.95. The van der Waals surface area contributed by atoms with E-state index in [0.29, 0.717) is 11.3 Å². The Bertz CT molecular complexity index is 690. The lowest BCUT2D eigenvalue weighted by atomic mass is 10.5. The normalized spacial score (nSPS) is 10.8. The van der Waals surface area contributed by atoms with Gasteiger partial charge in [-0.25, -0.2) is 9.59 Å². The van der Waals surface area contributed by atoms with Gasteiger partial charge < -0.3 is 15.6 Å². The number of hydrogen-bond donors (Lipinski definition) is 3. The molecule has 0 bridgehead atoms. The molecule has 0 fully saturated rings. The zero-order valence-electron chi connectivity index (χ0n) is 11.1. The van der Waals surface area contributed by atoms with Crippen LogP contribution in [0.15, 0.2) is 23.8 Å². The second kappa shape index (κ2) is 7.68. The van der Waals surface area contributed by atoms with E-state index in [0.717, 1.165) is 10.8 Å². The molecule has 0 aliphatic heterocycles. The molecule has 118 valence electrons. The molecule has 0 unspecified atom stereocenters. The fourth-order valence-corrected chi connectivity index (χ4v) is 2.07. The quantitative estimate of drug-likeness (QED) is 0.374. The largest absolute Gasteiger partial charge is 0.351 e. The molecular formula is C10H12N6O5S. The van der Waals surface area contributed by atoms with Gasteiger partial charge >= 0.3 is 17.1 Å². The number of nitrogens with two attached hydrogens (primary N) is 1. The van der Waals surface area contributed by atoms with Crippen LogP contribution >= 0.6 is 11.3 Å². The Morgan fingerprint density at radius 3 is 2.77 bits per heavy atom. The highest BCUT2D eigenvalue weighted by Gasteiger charge is 2.16. The fourth-order valence-electron chi connectivity index (χ4n) is 1.27. The smallest absolute Gasteiger partial charge is 0.343 e. The molecule has 1 rings (SSSR count). The van der Waals surface area contributed by atoms with Gasteiger partial charge in [-0.2, -0.15) is 4.99 Å². The number of nitrogens with zero attached hydrogens (tertiary/aromatic N) is 3. The van der Waals surface area contributed by atoms with Crippen LogP contribution in [0.25, 0.3) is 0 Å². The van der Waals surface area contributed by atoms with Gasteiger partial charge in [-0.05, 0) is 11.3 Å². The summed E-state index contributed by atoms with van der Waals surface area (Å²) >= 11 is 0.605. The molecule has 22 heavy (non-hydrogen) atoms. The Morgan fingerprint density at radius 2 is 2.23 bits per heavy atom. The van der Waals surface area contributed by atoms with Crippen LogP contribution in [0.5, 0.6) is 0 Å². The van der Waals surface area contributed by atoms with Crippen LogP contribution in [-0.4, -0.2) is 34.0 Å². The third-order valence-corrected chi connectivity index (χ3v) is 3.03. The third kappa shape index (κ3) is 5.16. The van der Waals surface area contributed by atoms with Crippen LogP contribution < -0.4 is 21.2 Å². The van der Waals surface area contributed by atoms with Crippen molar-refractivity contribution in [2.75, 3.05) is 6.54 Å². The molecule has 0 aromatic carbocycles. The van der Waals surface area contributed by atoms with Crippen molar-refractivity contribution in [3.63, 3.8) is 0 Å². The summed E-state index contributed by atoms with van der Waals surface area (Å²) in [5.74, 6) is -0.798. The van der Waals surface area contributed by atoms with Gasteiger partial charge in [0.05, 0.1) is 11.1 Å². The molecule has 11 nitrogen and oxygen atoms in total. The van der Waals surface area contributed by atoms with E-state index in [2.05, 4.69) is 16.9 Å². The molecule has 4 N–H and O–H groups in total. The second-order valence-corrected chi connectivity index (χ2v) is 4.72. The number of thiazole rings is 1. The molecule has 0 radical (unpaired) electrons. The first-order valence-corrected chi connectivity index (χ1v) is 6.52. The summed E-state index contributed by atoms with van der Waals surface area (Å²) < 4.78 is 1.06. The van der Waals surface area contributed by atoms with Crippen molar-refractivity contribution < 1.29 is 19.3 Å². The highest BCUT2D eigenvalue weighted by atomic mass is 32.1. The zero-order chi connectivity index (χ0) is 16.7. The van der Waals surface area contributed by atoms with Gasteiger partial charge in [0.2, 0.25) is 10.7 Å². The molecule has 0 aliphatic rings. The minimum Gasteiger partial charge on any atom is -0.351 e. The molecule has 0 spiro atoms. The van der Waals surface area contributed by atoms with E-state index in [9.17, 15) is 24.5 Å². The van der Waals surface area contributed by atoms with Crippen LogP contribution in [-0.2, 0) is 11.3 Å². The Hall–Kier alpha value is -3.02. The average molecular weight is 328 g/mol. The number of rotatable bonds is 5.